The number of ether oxygens (including phenoxy) is 1. The Morgan fingerprint density at radius 1 is 0.889 bits per heavy atom. The molecule has 0 saturated carbocycles. The molecule has 0 atom stereocenters. The van der Waals surface area contributed by atoms with E-state index < -0.39 is 0 Å². The molecule has 4 aromatic rings. The molecule has 4 N–H and O–H groups in total. The number of fused-ring (bicyclic) bond motifs is 1. The van der Waals surface area contributed by atoms with Gasteiger partial charge in [0, 0.05) is 35.6 Å². The molecule has 4 heteroatoms. The minimum absolute atomic E-state index is 0.517. The van der Waals surface area contributed by atoms with Crippen LogP contribution in [0.15, 0.2) is 78.9 Å². The van der Waals surface area contributed by atoms with Crippen LogP contribution in [-0.4, -0.2) is 4.98 Å². The molecule has 4 nitrogen and oxygen atoms in total. The van der Waals surface area contributed by atoms with Gasteiger partial charge in [-0.25, -0.2) is 0 Å². The van der Waals surface area contributed by atoms with Gasteiger partial charge in [0.1, 0.15) is 12.4 Å². The summed E-state index contributed by atoms with van der Waals surface area (Å²) >= 11 is 0. The number of hydrogen-bond acceptors (Lipinski definition) is 3. The van der Waals surface area contributed by atoms with Gasteiger partial charge < -0.3 is 20.8 Å². The molecule has 0 aliphatic rings. The van der Waals surface area contributed by atoms with Gasteiger partial charge in [-0.2, -0.15) is 0 Å². The van der Waals surface area contributed by atoms with E-state index in [1.165, 1.54) is 5.39 Å². The Morgan fingerprint density at radius 3 is 2.56 bits per heavy atom. The van der Waals surface area contributed by atoms with E-state index in [9.17, 15) is 0 Å². The van der Waals surface area contributed by atoms with Crippen molar-refractivity contribution in [1.82, 2.24) is 4.98 Å². The van der Waals surface area contributed by atoms with Crippen molar-refractivity contribution in [3.63, 3.8) is 0 Å². The van der Waals surface area contributed by atoms with Crippen LogP contribution in [0.2, 0.25) is 0 Å². The minimum atomic E-state index is 0.517. The summed E-state index contributed by atoms with van der Waals surface area (Å²) < 4.78 is 6.04. The Morgan fingerprint density at radius 2 is 1.70 bits per heavy atom. The lowest BCUT2D eigenvalue weighted by atomic mass is 10.2. The van der Waals surface area contributed by atoms with Gasteiger partial charge in [0.15, 0.2) is 0 Å². The maximum absolute atomic E-state index is 6.04. The third-order valence-electron chi connectivity index (χ3n) is 4.59. The number of H-pyrrole nitrogens is 1. The fourth-order valence-corrected chi connectivity index (χ4v) is 3.13. The van der Waals surface area contributed by atoms with Crippen molar-refractivity contribution in [3.05, 3.63) is 95.7 Å². The molecule has 136 valence electrons. The molecule has 0 spiro atoms. The van der Waals surface area contributed by atoms with E-state index in [-0.39, 0.29) is 0 Å². The Hall–Kier alpha value is -3.24. The standard InChI is InChI=1S/C23H23N3O/c24-14-21-12-18-10-11-20(13-22(18)26-21)25-15-19-8-4-5-9-23(19)27-16-17-6-2-1-3-7-17/h1-13,25-26H,14-16,24H2. The first kappa shape index (κ1) is 17.2. The van der Waals surface area contributed by atoms with E-state index in [4.69, 9.17) is 10.5 Å². The number of aromatic amines is 1. The van der Waals surface area contributed by atoms with E-state index in [1.807, 2.05) is 36.4 Å². The SMILES string of the molecule is NCc1cc2ccc(NCc3ccccc3OCc3ccccc3)cc2[nH]1. The number of rotatable bonds is 7. The average molecular weight is 357 g/mol. The van der Waals surface area contributed by atoms with Gasteiger partial charge in [-0.3, -0.25) is 0 Å². The first-order valence-corrected chi connectivity index (χ1v) is 9.12. The summed E-state index contributed by atoms with van der Waals surface area (Å²) in [5.41, 5.74) is 11.2. The predicted octanol–water partition coefficient (Wildman–Crippen LogP) is 4.82. The van der Waals surface area contributed by atoms with Gasteiger partial charge in [0.2, 0.25) is 0 Å². The lowest BCUT2D eigenvalue weighted by Crippen LogP contribution is -2.03. The van der Waals surface area contributed by atoms with Crippen LogP contribution in [0.1, 0.15) is 16.8 Å². The van der Waals surface area contributed by atoms with Gasteiger partial charge in [-0.1, -0.05) is 54.6 Å². The molecule has 0 bridgehead atoms. The second-order valence-electron chi connectivity index (χ2n) is 6.54. The lowest BCUT2D eigenvalue weighted by molar-refractivity contribution is 0.303. The van der Waals surface area contributed by atoms with Crippen LogP contribution in [0.25, 0.3) is 10.9 Å². The number of nitrogens with one attached hydrogen (secondary N) is 2. The molecular weight excluding hydrogens is 334 g/mol. The Bertz CT molecular complexity index is 1020. The van der Waals surface area contributed by atoms with Crippen LogP contribution in [0.4, 0.5) is 5.69 Å². The molecule has 0 fully saturated rings. The second kappa shape index (κ2) is 7.98. The van der Waals surface area contributed by atoms with Crippen LogP contribution in [0.5, 0.6) is 5.75 Å². The van der Waals surface area contributed by atoms with Crippen LogP contribution in [0.3, 0.4) is 0 Å². The smallest absolute Gasteiger partial charge is 0.124 e. The van der Waals surface area contributed by atoms with E-state index >= 15 is 0 Å². The number of aromatic nitrogens is 1. The third kappa shape index (κ3) is 4.13. The third-order valence-corrected chi connectivity index (χ3v) is 4.59. The highest BCUT2D eigenvalue weighted by Crippen LogP contribution is 2.23. The number of para-hydroxylation sites is 1. The summed E-state index contributed by atoms with van der Waals surface area (Å²) in [6, 6.07) is 26.7. The van der Waals surface area contributed by atoms with Crippen molar-refractivity contribution in [2.75, 3.05) is 5.32 Å². The van der Waals surface area contributed by atoms with Crippen molar-refractivity contribution in [2.24, 2.45) is 5.73 Å². The zero-order chi connectivity index (χ0) is 18.5. The first-order chi connectivity index (χ1) is 13.3. The van der Waals surface area contributed by atoms with Crippen LogP contribution < -0.4 is 15.8 Å². The summed E-state index contributed by atoms with van der Waals surface area (Å²) in [5.74, 6) is 0.903. The Kier molecular flexibility index (Phi) is 5.08. The quantitative estimate of drug-likeness (QED) is 0.444. The topological polar surface area (TPSA) is 63.1 Å². The predicted molar refractivity (Wildman–Crippen MR) is 111 cm³/mol. The monoisotopic (exact) mass is 357 g/mol. The largest absolute Gasteiger partial charge is 0.489 e. The number of nitrogens with two attached hydrogens (primary N) is 1. The van der Waals surface area contributed by atoms with Gasteiger partial charge in [-0.05, 0) is 35.2 Å². The molecule has 0 aliphatic heterocycles. The molecule has 0 saturated heterocycles. The molecule has 4 rings (SSSR count). The van der Waals surface area contributed by atoms with Crippen molar-refractivity contribution >= 4 is 16.6 Å². The first-order valence-electron chi connectivity index (χ1n) is 9.12. The van der Waals surface area contributed by atoms with Crippen molar-refractivity contribution < 1.29 is 4.74 Å². The molecule has 3 aromatic carbocycles. The molecule has 0 amide bonds. The van der Waals surface area contributed by atoms with Crippen LogP contribution in [-0.2, 0) is 19.7 Å². The normalized spacial score (nSPS) is 10.9. The molecule has 27 heavy (non-hydrogen) atoms. The average Bonchev–Trinajstić information content (AvgIpc) is 3.14. The highest BCUT2D eigenvalue weighted by atomic mass is 16.5. The number of benzene rings is 3. The minimum Gasteiger partial charge on any atom is -0.489 e. The molecule has 1 aromatic heterocycles. The molecule has 1 heterocycles. The van der Waals surface area contributed by atoms with Gasteiger partial charge in [0.25, 0.3) is 0 Å². The molecule has 0 radical (unpaired) electrons. The summed E-state index contributed by atoms with van der Waals surface area (Å²) in [5, 5.41) is 4.66. The second-order valence-corrected chi connectivity index (χ2v) is 6.54. The zero-order valence-corrected chi connectivity index (χ0v) is 15.1. The maximum atomic E-state index is 6.04. The highest BCUT2D eigenvalue weighted by Gasteiger charge is 2.05. The summed E-state index contributed by atoms with van der Waals surface area (Å²) in [6.45, 7) is 1.78. The fourth-order valence-electron chi connectivity index (χ4n) is 3.13. The fraction of sp³-hybridized carbons (Fsp3) is 0.130. The van der Waals surface area contributed by atoms with E-state index in [1.54, 1.807) is 0 Å². The molecule has 0 aliphatic carbocycles. The Labute approximate surface area is 159 Å². The summed E-state index contributed by atoms with van der Waals surface area (Å²) in [7, 11) is 0. The maximum Gasteiger partial charge on any atom is 0.124 e. The molecule has 0 unspecified atom stereocenters. The van der Waals surface area contributed by atoms with Crippen LogP contribution >= 0.6 is 0 Å². The van der Waals surface area contributed by atoms with E-state index in [0.29, 0.717) is 19.7 Å². The zero-order valence-electron chi connectivity index (χ0n) is 15.1. The van der Waals surface area contributed by atoms with Crippen molar-refractivity contribution in [2.45, 2.75) is 19.7 Å². The van der Waals surface area contributed by atoms with E-state index in [2.05, 4.69) is 52.8 Å². The van der Waals surface area contributed by atoms with E-state index in [0.717, 1.165) is 33.8 Å². The van der Waals surface area contributed by atoms with Crippen molar-refractivity contribution in [3.8, 4) is 5.75 Å². The van der Waals surface area contributed by atoms with Gasteiger partial charge >= 0.3 is 0 Å². The molecular formula is C23H23N3O. The number of hydrogen-bond donors (Lipinski definition) is 3. The van der Waals surface area contributed by atoms with Gasteiger partial charge in [-0.15, -0.1) is 0 Å². The van der Waals surface area contributed by atoms with Crippen LogP contribution in [0, 0.1) is 0 Å². The summed E-state index contributed by atoms with van der Waals surface area (Å²) in [4.78, 5) is 3.34. The Balaban J connectivity index is 1.45. The van der Waals surface area contributed by atoms with Crippen molar-refractivity contribution in [1.29, 1.82) is 0 Å². The lowest BCUT2D eigenvalue weighted by Gasteiger charge is -2.13. The number of anilines is 1. The van der Waals surface area contributed by atoms with Gasteiger partial charge in [0.05, 0.1) is 0 Å². The summed E-state index contributed by atoms with van der Waals surface area (Å²) in [6.07, 6.45) is 0. The highest BCUT2D eigenvalue weighted by molar-refractivity contribution is 5.83.